The molecule has 0 unspecified atom stereocenters. The summed E-state index contributed by atoms with van der Waals surface area (Å²) in [4.78, 5) is 0. The topological polar surface area (TPSA) is 92.5 Å². The Morgan fingerprint density at radius 1 is 0.818 bits per heavy atom. The van der Waals surface area contributed by atoms with Crippen LogP contribution in [0.1, 0.15) is 17.5 Å². The molecule has 0 amide bonds. The highest BCUT2D eigenvalue weighted by Crippen LogP contribution is 2.02. The van der Waals surface area contributed by atoms with Crippen molar-refractivity contribution < 1.29 is 10.2 Å². The van der Waals surface area contributed by atoms with Gasteiger partial charge in [-0.2, -0.15) is 0 Å². The van der Waals surface area contributed by atoms with Gasteiger partial charge in [-0.15, -0.1) is 0 Å². The van der Waals surface area contributed by atoms with Gasteiger partial charge >= 0.3 is 0 Å². The van der Waals surface area contributed by atoms with Crippen LogP contribution >= 0.6 is 0 Å². The van der Waals surface area contributed by atoms with Gasteiger partial charge in [0.05, 0.1) is 6.61 Å². The van der Waals surface area contributed by atoms with Crippen LogP contribution in [0.15, 0.2) is 60.7 Å². The number of benzene rings is 2. The second-order valence-electron chi connectivity index (χ2n) is 5.22. The molecule has 2 aromatic carbocycles. The molecule has 4 heteroatoms. The van der Waals surface area contributed by atoms with Gasteiger partial charge in [0.25, 0.3) is 0 Å². The first-order valence-corrected chi connectivity index (χ1v) is 7.49. The summed E-state index contributed by atoms with van der Waals surface area (Å²) in [5, 5.41) is 17.5. The van der Waals surface area contributed by atoms with Crippen LogP contribution in [0.4, 0.5) is 0 Å². The molecule has 0 saturated carbocycles. The monoisotopic (exact) mass is 302 g/mol. The van der Waals surface area contributed by atoms with Crippen molar-refractivity contribution in [2.45, 2.75) is 31.5 Å². The summed E-state index contributed by atoms with van der Waals surface area (Å²) in [5.74, 6) is 0. The first-order chi connectivity index (χ1) is 10.6. The highest BCUT2D eigenvalue weighted by Gasteiger charge is 2.00. The van der Waals surface area contributed by atoms with E-state index in [1.165, 1.54) is 11.1 Å². The Morgan fingerprint density at radius 3 is 1.77 bits per heavy atom. The maximum atomic E-state index is 8.79. The molecule has 6 N–H and O–H groups in total. The minimum absolute atomic E-state index is 0.0505. The largest absolute Gasteiger partial charge is 0.395 e. The molecule has 0 bridgehead atoms. The average molecular weight is 302 g/mol. The van der Waals surface area contributed by atoms with Gasteiger partial charge in [0.1, 0.15) is 6.23 Å². The molecule has 0 aliphatic carbocycles. The molecule has 0 aliphatic rings. The number of hydrogen-bond donors (Lipinski definition) is 4. The smallest absolute Gasteiger partial charge is 0.102 e. The molecule has 0 heterocycles. The minimum Gasteiger partial charge on any atom is -0.395 e. The SMILES string of the molecule is N[C@@H](O)CCc1ccccc1.N[C@H](CO)Cc1ccccc1. The van der Waals surface area contributed by atoms with E-state index in [1.54, 1.807) is 0 Å². The van der Waals surface area contributed by atoms with Crippen LogP contribution in [0.5, 0.6) is 0 Å². The van der Waals surface area contributed by atoms with Crippen molar-refractivity contribution in [2.24, 2.45) is 11.5 Å². The third-order valence-corrected chi connectivity index (χ3v) is 3.15. The molecule has 22 heavy (non-hydrogen) atoms. The van der Waals surface area contributed by atoms with Gasteiger partial charge in [0, 0.05) is 6.04 Å². The van der Waals surface area contributed by atoms with E-state index in [0.717, 1.165) is 12.8 Å². The van der Waals surface area contributed by atoms with Crippen LogP contribution in [0.3, 0.4) is 0 Å². The van der Waals surface area contributed by atoms with Crippen LogP contribution in [-0.4, -0.2) is 29.1 Å². The van der Waals surface area contributed by atoms with E-state index >= 15 is 0 Å². The van der Waals surface area contributed by atoms with Crippen LogP contribution < -0.4 is 11.5 Å². The summed E-state index contributed by atoms with van der Waals surface area (Å²) in [6, 6.07) is 19.8. The molecule has 0 fully saturated rings. The first-order valence-electron chi connectivity index (χ1n) is 7.49. The van der Waals surface area contributed by atoms with Crippen LogP contribution in [0, 0.1) is 0 Å². The van der Waals surface area contributed by atoms with Crippen molar-refractivity contribution in [3.63, 3.8) is 0 Å². The molecule has 0 aliphatic heterocycles. The number of aliphatic hydroxyl groups is 2. The van der Waals surface area contributed by atoms with Crippen molar-refractivity contribution in [3.05, 3.63) is 71.8 Å². The highest BCUT2D eigenvalue weighted by molar-refractivity contribution is 5.16. The predicted molar refractivity (Wildman–Crippen MR) is 90.2 cm³/mol. The number of nitrogens with two attached hydrogens (primary N) is 2. The van der Waals surface area contributed by atoms with E-state index < -0.39 is 6.23 Å². The Labute approximate surface area is 132 Å². The van der Waals surface area contributed by atoms with E-state index in [2.05, 4.69) is 0 Å². The Bertz CT molecular complexity index is 489. The third-order valence-electron chi connectivity index (χ3n) is 3.15. The van der Waals surface area contributed by atoms with Crippen molar-refractivity contribution in [3.8, 4) is 0 Å². The molecule has 0 spiro atoms. The molecule has 0 radical (unpaired) electrons. The van der Waals surface area contributed by atoms with E-state index in [-0.39, 0.29) is 12.6 Å². The maximum Gasteiger partial charge on any atom is 0.102 e. The number of aryl methyl sites for hydroxylation is 1. The fraction of sp³-hybridized carbons (Fsp3) is 0.333. The lowest BCUT2D eigenvalue weighted by Gasteiger charge is -2.06. The zero-order valence-electron chi connectivity index (χ0n) is 12.8. The van der Waals surface area contributed by atoms with E-state index in [9.17, 15) is 0 Å². The molecule has 120 valence electrons. The molecule has 2 aromatic rings. The van der Waals surface area contributed by atoms with Crippen molar-refractivity contribution in [2.75, 3.05) is 6.61 Å². The summed E-state index contributed by atoms with van der Waals surface area (Å²) in [7, 11) is 0. The van der Waals surface area contributed by atoms with Gasteiger partial charge < -0.3 is 21.7 Å². The van der Waals surface area contributed by atoms with Gasteiger partial charge in [-0.3, -0.25) is 0 Å². The van der Waals surface area contributed by atoms with Gasteiger partial charge in [0.15, 0.2) is 0 Å². The summed E-state index contributed by atoms with van der Waals surface area (Å²) < 4.78 is 0. The standard InChI is InChI=1S/2C9H13NO/c10-9(7-11)6-8-4-2-1-3-5-8;10-9(11)7-6-8-4-2-1-3-5-8/h2*1-5,9,11H,6-7,10H2/t2*9-/m00/s1. The molecule has 0 aromatic heterocycles. The minimum atomic E-state index is -0.685. The Kier molecular flexibility index (Phi) is 9.11. The molecular formula is C18H26N2O2. The third kappa shape index (κ3) is 8.54. The molecular weight excluding hydrogens is 276 g/mol. The van der Waals surface area contributed by atoms with Crippen LogP contribution in [-0.2, 0) is 12.8 Å². The summed E-state index contributed by atoms with van der Waals surface area (Å²) in [5.41, 5.74) is 13.1. The average Bonchev–Trinajstić information content (AvgIpc) is 2.55. The summed E-state index contributed by atoms with van der Waals surface area (Å²) >= 11 is 0. The second kappa shape index (κ2) is 10.9. The van der Waals surface area contributed by atoms with Gasteiger partial charge in [-0.25, -0.2) is 0 Å². The zero-order valence-corrected chi connectivity index (χ0v) is 12.8. The van der Waals surface area contributed by atoms with Crippen LogP contribution in [0.2, 0.25) is 0 Å². The molecule has 4 nitrogen and oxygen atoms in total. The number of rotatable bonds is 6. The van der Waals surface area contributed by atoms with Gasteiger partial charge in [-0.1, -0.05) is 60.7 Å². The first kappa shape index (κ1) is 18.3. The quantitative estimate of drug-likeness (QED) is 0.608. The Morgan fingerprint density at radius 2 is 1.32 bits per heavy atom. The fourth-order valence-corrected chi connectivity index (χ4v) is 1.94. The Hall–Kier alpha value is -1.72. The Balaban J connectivity index is 0.000000220. The van der Waals surface area contributed by atoms with Gasteiger partial charge in [-0.05, 0) is 30.4 Å². The molecule has 2 rings (SSSR count). The number of aliphatic hydroxyl groups excluding tert-OH is 2. The van der Waals surface area contributed by atoms with E-state index in [0.29, 0.717) is 6.42 Å². The zero-order chi connectivity index (χ0) is 16.2. The van der Waals surface area contributed by atoms with Crippen molar-refractivity contribution >= 4 is 0 Å². The van der Waals surface area contributed by atoms with Crippen molar-refractivity contribution in [1.29, 1.82) is 0 Å². The fourth-order valence-electron chi connectivity index (χ4n) is 1.94. The summed E-state index contributed by atoms with van der Waals surface area (Å²) in [6.45, 7) is 0.0505. The second-order valence-corrected chi connectivity index (χ2v) is 5.22. The van der Waals surface area contributed by atoms with Crippen molar-refractivity contribution in [1.82, 2.24) is 0 Å². The molecule has 0 saturated heterocycles. The summed E-state index contributed by atoms with van der Waals surface area (Å²) in [6.07, 6.45) is 1.54. The highest BCUT2D eigenvalue weighted by atomic mass is 16.3. The lowest BCUT2D eigenvalue weighted by molar-refractivity contribution is 0.172. The lowest BCUT2D eigenvalue weighted by atomic mass is 10.1. The normalized spacial score (nSPS) is 12.9. The number of hydrogen-bond acceptors (Lipinski definition) is 4. The van der Waals surface area contributed by atoms with E-state index in [1.807, 2.05) is 60.7 Å². The predicted octanol–water partition coefficient (Wildman–Crippen LogP) is 1.44. The maximum absolute atomic E-state index is 8.79. The van der Waals surface area contributed by atoms with Gasteiger partial charge in [0.2, 0.25) is 0 Å². The molecule has 2 atom stereocenters. The lowest BCUT2D eigenvalue weighted by Crippen LogP contribution is -2.26. The van der Waals surface area contributed by atoms with E-state index in [4.69, 9.17) is 21.7 Å². The van der Waals surface area contributed by atoms with Crippen LogP contribution in [0.25, 0.3) is 0 Å².